The van der Waals surface area contributed by atoms with E-state index in [1.54, 1.807) is 15.7 Å². The largest absolute Gasteiger partial charge is 0.492 e. The molecule has 2 aliphatic heterocycles. The summed E-state index contributed by atoms with van der Waals surface area (Å²) in [5.41, 5.74) is 1.43. The average molecular weight is 483 g/mol. The second-order valence-electron chi connectivity index (χ2n) is 9.01. The van der Waals surface area contributed by atoms with Gasteiger partial charge in [-0.2, -0.15) is 0 Å². The minimum absolute atomic E-state index is 0.0860. The van der Waals surface area contributed by atoms with Crippen LogP contribution in [-0.2, 0) is 28.9 Å². The molecule has 2 aromatic heterocycles. The van der Waals surface area contributed by atoms with Crippen molar-refractivity contribution in [3.05, 3.63) is 57.8 Å². The fraction of sp³-hybridized carbons (Fsp3) is 0.538. The molecule has 0 atom stereocenters. The third-order valence-electron chi connectivity index (χ3n) is 6.77. The van der Waals surface area contributed by atoms with Crippen LogP contribution in [0.4, 0.5) is 0 Å². The van der Waals surface area contributed by atoms with Gasteiger partial charge in [0.25, 0.3) is 5.56 Å². The lowest BCUT2D eigenvalue weighted by Crippen LogP contribution is -2.38. The topological polar surface area (TPSA) is 94.0 Å². The molecule has 0 N–H and O–H groups in total. The standard InChI is InChI=1S/C26H34N4O5/c1-34-26(33)25-21-8-15-29(23(31)9-14-28-12-5-2-6-13-28)16-17-30(21)24(32)19-22(25)35-18-10-20-7-3-4-11-27-20/h3-4,7,11,19H,2,5-6,8-10,12-18H2,1H3. The second-order valence-corrected chi connectivity index (χ2v) is 9.01. The molecule has 0 aromatic carbocycles. The normalized spacial score (nSPS) is 16.3. The molecule has 2 aliphatic rings. The zero-order valence-corrected chi connectivity index (χ0v) is 20.4. The van der Waals surface area contributed by atoms with Crippen LogP contribution in [0.15, 0.2) is 35.3 Å². The van der Waals surface area contributed by atoms with Crippen LogP contribution in [0.1, 0.15) is 47.4 Å². The van der Waals surface area contributed by atoms with E-state index in [1.807, 2.05) is 18.2 Å². The lowest BCUT2D eigenvalue weighted by molar-refractivity contribution is -0.131. The highest BCUT2D eigenvalue weighted by Crippen LogP contribution is 2.24. The fourth-order valence-electron chi connectivity index (χ4n) is 4.84. The Labute approximate surface area is 205 Å². The molecule has 35 heavy (non-hydrogen) atoms. The van der Waals surface area contributed by atoms with Gasteiger partial charge in [0, 0.05) is 69.1 Å². The number of piperidine rings is 1. The van der Waals surface area contributed by atoms with Gasteiger partial charge in [0.1, 0.15) is 11.3 Å². The molecule has 2 aromatic rings. The van der Waals surface area contributed by atoms with Crippen LogP contribution in [0, 0.1) is 0 Å². The van der Waals surface area contributed by atoms with E-state index in [-0.39, 0.29) is 29.4 Å². The van der Waals surface area contributed by atoms with Crippen LogP contribution in [0.2, 0.25) is 0 Å². The number of ether oxygens (including phenoxy) is 2. The second kappa shape index (κ2) is 12.0. The summed E-state index contributed by atoms with van der Waals surface area (Å²) in [6, 6.07) is 6.99. The van der Waals surface area contributed by atoms with E-state index in [9.17, 15) is 14.4 Å². The van der Waals surface area contributed by atoms with Crippen molar-refractivity contribution in [1.29, 1.82) is 0 Å². The van der Waals surface area contributed by atoms with Gasteiger partial charge in [-0.05, 0) is 38.1 Å². The molecule has 0 saturated carbocycles. The highest BCUT2D eigenvalue weighted by atomic mass is 16.5. The number of hydrogen-bond donors (Lipinski definition) is 0. The van der Waals surface area contributed by atoms with E-state index < -0.39 is 5.97 Å². The minimum Gasteiger partial charge on any atom is -0.492 e. The van der Waals surface area contributed by atoms with Gasteiger partial charge in [0.05, 0.1) is 13.7 Å². The van der Waals surface area contributed by atoms with Crippen molar-refractivity contribution in [1.82, 2.24) is 19.4 Å². The van der Waals surface area contributed by atoms with E-state index in [0.29, 0.717) is 44.6 Å². The zero-order valence-electron chi connectivity index (χ0n) is 20.4. The number of likely N-dealkylation sites (tertiary alicyclic amines) is 1. The van der Waals surface area contributed by atoms with Crippen molar-refractivity contribution in [3.63, 3.8) is 0 Å². The molecule has 0 spiro atoms. The number of nitrogens with zero attached hydrogens (tertiary/aromatic N) is 4. The number of methoxy groups -OCH3 is 1. The van der Waals surface area contributed by atoms with Crippen LogP contribution < -0.4 is 10.3 Å². The van der Waals surface area contributed by atoms with Crippen molar-refractivity contribution < 1.29 is 19.1 Å². The maximum absolute atomic E-state index is 13.0. The Morgan fingerprint density at radius 3 is 2.63 bits per heavy atom. The highest BCUT2D eigenvalue weighted by Gasteiger charge is 2.27. The predicted octanol–water partition coefficient (Wildman–Crippen LogP) is 1.91. The first kappa shape index (κ1) is 24.9. The Balaban J connectivity index is 1.46. The quantitative estimate of drug-likeness (QED) is 0.531. The summed E-state index contributed by atoms with van der Waals surface area (Å²) in [6.45, 7) is 4.36. The summed E-state index contributed by atoms with van der Waals surface area (Å²) in [5.74, 6) is -0.247. The molecule has 4 rings (SSSR count). The Morgan fingerprint density at radius 2 is 1.89 bits per heavy atom. The number of carbonyl (C=O) groups excluding carboxylic acids is 2. The van der Waals surface area contributed by atoms with E-state index in [2.05, 4.69) is 9.88 Å². The summed E-state index contributed by atoms with van der Waals surface area (Å²) < 4.78 is 12.5. The van der Waals surface area contributed by atoms with E-state index in [4.69, 9.17) is 9.47 Å². The van der Waals surface area contributed by atoms with Crippen molar-refractivity contribution in [2.45, 2.75) is 45.1 Å². The molecule has 0 unspecified atom stereocenters. The Kier molecular flexibility index (Phi) is 8.52. The Bertz CT molecular complexity index is 1080. The minimum atomic E-state index is -0.550. The highest BCUT2D eigenvalue weighted by molar-refractivity contribution is 5.93. The van der Waals surface area contributed by atoms with E-state index in [0.717, 1.165) is 25.3 Å². The number of hydrogen-bond acceptors (Lipinski definition) is 7. The number of fused-ring (bicyclic) bond motifs is 1. The van der Waals surface area contributed by atoms with Gasteiger partial charge < -0.3 is 23.8 Å². The van der Waals surface area contributed by atoms with Crippen LogP contribution in [-0.4, -0.2) is 77.7 Å². The van der Waals surface area contributed by atoms with Gasteiger partial charge in [-0.15, -0.1) is 0 Å². The van der Waals surface area contributed by atoms with Gasteiger partial charge in [-0.25, -0.2) is 4.79 Å². The molecular formula is C26H34N4O5. The molecule has 0 aliphatic carbocycles. The monoisotopic (exact) mass is 482 g/mol. The lowest BCUT2D eigenvalue weighted by Gasteiger charge is -2.27. The number of pyridine rings is 2. The first-order valence-electron chi connectivity index (χ1n) is 12.4. The molecule has 9 heteroatoms. The molecule has 188 valence electrons. The van der Waals surface area contributed by atoms with Gasteiger partial charge >= 0.3 is 5.97 Å². The summed E-state index contributed by atoms with van der Waals surface area (Å²) in [4.78, 5) is 47.1. The molecule has 1 amide bonds. The summed E-state index contributed by atoms with van der Waals surface area (Å²) in [5, 5.41) is 0. The predicted molar refractivity (Wildman–Crippen MR) is 131 cm³/mol. The number of aromatic nitrogens is 2. The molecule has 0 radical (unpaired) electrons. The summed E-state index contributed by atoms with van der Waals surface area (Å²) in [7, 11) is 1.31. The van der Waals surface area contributed by atoms with Gasteiger partial charge in [-0.1, -0.05) is 12.5 Å². The number of carbonyl (C=O) groups is 2. The molecule has 1 fully saturated rings. The van der Waals surface area contributed by atoms with Crippen molar-refractivity contribution in [2.75, 3.05) is 46.4 Å². The summed E-state index contributed by atoms with van der Waals surface area (Å²) in [6.07, 6.45) is 6.75. The van der Waals surface area contributed by atoms with Crippen LogP contribution in [0.5, 0.6) is 5.75 Å². The molecule has 4 heterocycles. The molecule has 0 bridgehead atoms. The first-order valence-corrected chi connectivity index (χ1v) is 12.4. The van der Waals surface area contributed by atoms with E-state index in [1.165, 1.54) is 32.4 Å². The Morgan fingerprint density at radius 1 is 1.06 bits per heavy atom. The Hall–Kier alpha value is -3.20. The molecular weight excluding hydrogens is 448 g/mol. The summed E-state index contributed by atoms with van der Waals surface area (Å²) >= 11 is 0. The van der Waals surface area contributed by atoms with Crippen LogP contribution in [0.25, 0.3) is 0 Å². The number of amides is 1. The van der Waals surface area contributed by atoms with Crippen molar-refractivity contribution in [2.24, 2.45) is 0 Å². The molecule has 9 nitrogen and oxygen atoms in total. The maximum atomic E-state index is 13.0. The number of rotatable bonds is 8. The third-order valence-corrected chi connectivity index (χ3v) is 6.77. The SMILES string of the molecule is COC(=O)c1c(OCCc2ccccn2)cc(=O)n2c1CCN(C(=O)CCN1CCCCC1)CC2. The van der Waals surface area contributed by atoms with Gasteiger partial charge in [0.2, 0.25) is 5.91 Å². The average Bonchev–Trinajstić information content (AvgIpc) is 3.12. The smallest absolute Gasteiger partial charge is 0.343 e. The van der Waals surface area contributed by atoms with Crippen molar-refractivity contribution in [3.8, 4) is 5.75 Å². The van der Waals surface area contributed by atoms with Crippen LogP contribution in [0.3, 0.4) is 0 Å². The zero-order chi connectivity index (χ0) is 24.6. The van der Waals surface area contributed by atoms with E-state index >= 15 is 0 Å². The maximum Gasteiger partial charge on any atom is 0.343 e. The van der Waals surface area contributed by atoms with Gasteiger partial charge in [0.15, 0.2) is 0 Å². The first-order chi connectivity index (χ1) is 17.1. The third kappa shape index (κ3) is 6.28. The fourth-order valence-corrected chi connectivity index (χ4v) is 4.84. The molecule has 1 saturated heterocycles. The van der Waals surface area contributed by atoms with Crippen molar-refractivity contribution >= 4 is 11.9 Å². The van der Waals surface area contributed by atoms with Crippen LogP contribution >= 0.6 is 0 Å². The van der Waals surface area contributed by atoms with Gasteiger partial charge in [-0.3, -0.25) is 14.6 Å². The number of esters is 1. The lowest BCUT2D eigenvalue weighted by atomic mass is 10.1.